The van der Waals surface area contributed by atoms with Gasteiger partial charge in [-0.1, -0.05) is 66.7 Å². The number of carbonyl (C=O) groups is 2. The standard InChI is InChI=1S/C30H20O4/c1-17(31)33-27-16-15-25-26(30(27)34-18(2)32)14-13-24-23-12-11-19-7-3-4-8-20(19)28(23)21-9-5-6-10-22(21)29(24)25/h3-16H,1-2H3. The first kappa shape index (κ1) is 20.2. The third-order valence-corrected chi connectivity index (χ3v) is 6.30. The lowest BCUT2D eigenvalue weighted by Crippen LogP contribution is -2.07. The second-order valence-electron chi connectivity index (χ2n) is 8.42. The quantitative estimate of drug-likeness (QED) is 0.160. The molecule has 4 nitrogen and oxygen atoms in total. The van der Waals surface area contributed by atoms with Gasteiger partial charge in [0.2, 0.25) is 0 Å². The summed E-state index contributed by atoms with van der Waals surface area (Å²) < 4.78 is 10.9. The highest BCUT2D eigenvalue weighted by Crippen LogP contribution is 2.45. The number of carbonyl (C=O) groups excluding carboxylic acids is 2. The Kier molecular flexibility index (Phi) is 4.49. The highest BCUT2D eigenvalue weighted by Gasteiger charge is 2.19. The molecule has 6 aromatic carbocycles. The van der Waals surface area contributed by atoms with Crippen LogP contribution in [0, 0.1) is 0 Å². The minimum atomic E-state index is -0.476. The van der Waals surface area contributed by atoms with E-state index in [2.05, 4.69) is 60.7 Å². The zero-order valence-corrected chi connectivity index (χ0v) is 18.7. The first-order chi connectivity index (χ1) is 16.5. The largest absolute Gasteiger partial charge is 0.423 e. The first-order valence-corrected chi connectivity index (χ1v) is 11.1. The fraction of sp³-hybridized carbons (Fsp3) is 0.0667. The molecule has 0 N–H and O–H groups in total. The smallest absolute Gasteiger partial charge is 0.308 e. The maximum atomic E-state index is 11.9. The minimum absolute atomic E-state index is 0.227. The normalized spacial score (nSPS) is 11.5. The van der Waals surface area contributed by atoms with Crippen LogP contribution >= 0.6 is 0 Å². The minimum Gasteiger partial charge on any atom is -0.423 e. The van der Waals surface area contributed by atoms with Crippen molar-refractivity contribution >= 4 is 65.8 Å². The molecule has 0 unspecified atom stereocenters. The van der Waals surface area contributed by atoms with Crippen molar-refractivity contribution in [2.24, 2.45) is 0 Å². The number of fused-ring (bicyclic) bond motifs is 10. The summed E-state index contributed by atoms with van der Waals surface area (Å²) in [5.41, 5.74) is 0. The van der Waals surface area contributed by atoms with Crippen molar-refractivity contribution < 1.29 is 19.1 Å². The van der Waals surface area contributed by atoms with E-state index in [1.165, 1.54) is 30.0 Å². The molecule has 0 radical (unpaired) electrons. The molecule has 34 heavy (non-hydrogen) atoms. The molecular weight excluding hydrogens is 424 g/mol. The second-order valence-corrected chi connectivity index (χ2v) is 8.42. The van der Waals surface area contributed by atoms with Gasteiger partial charge in [0.05, 0.1) is 0 Å². The zero-order valence-electron chi connectivity index (χ0n) is 18.7. The Hall–Kier alpha value is -4.44. The van der Waals surface area contributed by atoms with E-state index >= 15 is 0 Å². The second kappa shape index (κ2) is 7.56. The van der Waals surface area contributed by atoms with Gasteiger partial charge in [0.15, 0.2) is 11.5 Å². The Morgan fingerprint density at radius 2 is 0.971 bits per heavy atom. The summed E-state index contributed by atoms with van der Waals surface area (Å²) in [7, 11) is 0. The Labute approximate surface area is 195 Å². The molecule has 0 amide bonds. The van der Waals surface area contributed by atoms with Crippen LogP contribution in [0.15, 0.2) is 84.9 Å². The van der Waals surface area contributed by atoms with Gasteiger partial charge < -0.3 is 9.47 Å². The predicted molar refractivity (Wildman–Crippen MR) is 137 cm³/mol. The molecular formula is C30H20O4. The molecule has 0 aliphatic rings. The highest BCUT2D eigenvalue weighted by atomic mass is 16.6. The molecule has 0 saturated carbocycles. The van der Waals surface area contributed by atoms with E-state index in [9.17, 15) is 9.59 Å². The summed E-state index contributed by atoms with van der Waals surface area (Å²) in [5, 5.41) is 10.9. The molecule has 4 heteroatoms. The van der Waals surface area contributed by atoms with E-state index < -0.39 is 11.9 Å². The van der Waals surface area contributed by atoms with Gasteiger partial charge in [0.25, 0.3) is 0 Å². The summed E-state index contributed by atoms with van der Waals surface area (Å²) in [6, 6.07) is 28.8. The van der Waals surface area contributed by atoms with E-state index in [0.29, 0.717) is 5.39 Å². The summed E-state index contributed by atoms with van der Waals surface area (Å²) in [6.07, 6.45) is 0. The van der Waals surface area contributed by atoms with Crippen molar-refractivity contribution in [1.82, 2.24) is 0 Å². The number of rotatable bonds is 2. The van der Waals surface area contributed by atoms with Crippen molar-refractivity contribution in [1.29, 1.82) is 0 Å². The lowest BCUT2D eigenvalue weighted by molar-refractivity contribution is -0.134. The van der Waals surface area contributed by atoms with Gasteiger partial charge >= 0.3 is 11.9 Å². The average Bonchev–Trinajstić information content (AvgIpc) is 2.84. The first-order valence-electron chi connectivity index (χ1n) is 11.1. The molecule has 0 heterocycles. The number of hydrogen-bond acceptors (Lipinski definition) is 4. The fourth-order valence-corrected chi connectivity index (χ4v) is 5.06. The van der Waals surface area contributed by atoms with Crippen molar-refractivity contribution in [2.75, 3.05) is 0 Å². The van der Waals surface area contributed by atoms with Crippen LogP contribution in [0.2, 0.25) is 0 Å². The summed E-state index contributed by atoms with van der Waals surface area (Å²) >= 11 is 0. The van der Waals surface area contributed by atoms with E-state index in [0.717, 1.165) is 32.3 Å². The topological polar surface area (TPSA) is 52.6 Å². The van der Waals surface area contributed by atoms with Crippen LogP contribution in [-0.2, 0) is 9.59 Å². The fourth-order valence-electron chi connectivity index (χ4n) is 5.06. The summed E-state index contributed by atoms with van der Waals surface area (Å²) in [6.45, 7) is 2.66. The van der Waals surface area contributed by atoms with Gasteiger partial charge in [0, 0.05) is 19.2 Å². The van der Waals surface area contributed by atoms with Crippen LogP contribution in [0.25, 0.3) is 53.9 Å². The van der Waals surface area contributed by atoms with Crippen molar-refractivity contribution in [3.63, 3.8) is 0 Å². The number of hydrogen-bond donors (Lipinski definition) is 0. The molecule has 0 aliphatic heterocycles. The average molecular weight is 444 g/mol. The Balaban J connectivity index is 1.83. The zero-order chi connectivity index (χ0) is 23.4. The molecule has 0 saturated heterocycles. The Bertz CT molecular complexity index is 1790. The molecule has 6 rings (SSSR count). The molecule has 0 aromatic heterocycles. The number of esters is 2. The molecule has 0 aliphatic carbocycles. The van der Waals surface area contributed by atoms with Gasteiger partial charge in [-0.3, -0.25) is 9.59 Å². The molecule has 0 spiro atoms. The third kappa shape index (κ3) is 3.00. The summed E-state index contributed by atoms with van der Waals surface area (Å²) in [4.78, 5) is 23.6. The lowest BCUT2D eigenvalue weighted by Gasteiger charge is -2.17. The van der Waals surface area contributed by atoms with Gasteiger partial charge in [-0.05, 0) is 66.7 Å². The third-order valence-electron chi connectivity index (χ3n) is 6.30. The summed E-state index contributed by atoms with van der Waals surface area (Å²) in [5.74, 6) is -0.469. The van der Waals surface area contributed by atoms with E-state index in [1.54, 1.807) is 6.07 Å². The van der Waals surface area contributed by atoms with Gasteiger partial charge in [0.1, 0.15) is 0 Å². The van der Waals surface area contributed by atoms with E-state index in [1.807, 2.05) is 18.2 Å². The van der Waals surface area contributed by atoms with Crippen LogP contribution in [0.3, 0.4) is 0 Å². The lowest BCUT2D eigenvalue weighted by atomic mass is 9.89. The van der Waals surface area contributed by atoms with Crippen LogP contribution in [0.1, 0.15) is 13.8 Å². The van der Waals surface area contributed by atoms with Crippen molar-refractivity contribution in [3.8, 4) is 11.5 Å². The van der Waals surface area contributed by atoms with Crippen LogP contribution in [-0.4, -0.2) is 11.9 Å². The van der Waals surface area contributed by atoms with Crippen LogP contribution in [0.5, 0.6) is 11.5 Å². The van der Waals surface area contributed by atoms with E-state index in [4.69, 9.17) is 9.47 Å². The number of benzene rings is 6. The Morgan fingerprint density at radius 3 is 1.65 bits per heavy atom. The Morgan fingerprint density at radius 1 is 0.500 bits per heavy atom. The molecule has 0 bridgehead atoms. The molecule has 164 valence electrons. The predicted octanol–water partition coefficient (Wildman–Crippen LogP) is 7.30. The van der Waals surface area contributed by atoms with E-state index in [-0.39, 0.29) is 11.5 Å². The monoisotopic (exact) mass is 444 g/mol. The molecule has 0 atom stereocenters. The SMILES string of the molecule is CC(=O)Oc1ccc2c(ccc3c4ccc5ccccc5c4c4ccccc4c23)c1OC(C)=O. The van der Waals surface area contributed by atoms with Crippen molar-refractivity contribution in [2.45, 2.75) is 13.8 Å². The maximum Gasteiger partial charge on any atom is 0.308 e. The van der Waals surface area contributed by atoms with Crippen LogP contribution < -0.4 is 9.47 Å². The molecule has 0 fully saturated rings. The highest BCUT2D eigenvalue weighted by molar-refractivity contribution is 6.35. The van der Waals surface area contributed by atoms with Crippen LogP contribution in [0.4, 0.5) is 0 Å². The maximum absolute atomic E-state index is 11.9. The van der Waals surface area contributed by atoms with Gasteiger partial charge in [-0.15, -0.1) is 0 Å². The van der Waals surface area contributed by atoms with Gasteiger partial charge in [-0.2, -0.15) is 0 Å². The van der Waals surface area contributed by atoms with Gasteiger partial charge in [-0.25, -0.2) is 0 Å². The number of ether oxygens (including phenoxy) is 2. The molecule has 6 aromatic rings. The van der Waals surface area contributed by atoms with Crippen molar-refractivity contribution in [3.05, 3.63) is 84.9 Å².